The SMILES string of the molecule is CCC(C)c1c(C2=C(\C)C3CCc4c(cccc4-c4cccc([N+](C)(c5ccccc5)c5ccccc5)c43)/C=C\2)cccc1-c1cccc(C2=C(C3CCC3)CCC=C2)c1C. The molecule has 0 N–H and O–H groups in total. The van der Waals surface area contributed by atoms with Gasteiger partial charge in [-0.25, -0.2) is 4.48 Å². The maximum Gasteiger partial charge on any atom is 0.147 e. The summed E-state index contributed by atoms with van der Waals surface area (Å²) in [7, 11) is 2.40. The molecule has 0 amide bonds. The van der Waals surface area contributed by atoms with E-state index < -0.39 is 0 Å². The summed E-state index contributed by atoms with van der Waals surface area (Å²) in [6.45, 7) is 9.67. The molecule has 0 aliphatic heterocycles. The van der Waals surface area contributed by atoms with Crippen LogP contribution in [0.15, 0.2) is 163 Å². The van der Waals surface area contributed by atoms with Gasteiger partial charge in [0.2, 0.25) is 0 Å². The molecule has 1 fully saturated rings. The van der Waals surface area contributed by atoms with Crippen LogP contribution in [0.4, 0.5) is 17.1 Å². The van der Waals surface area contributed by atoms with Crippen molar-refractivity contribution in [3.05, 3.63) is 202 Å². The molecule has 4 aliphatic carbocycles. The first-order valence-corrected chi connectivity index (χ1v) is 23.1. The van der Waals surface area contributed by atoms with Crippen molar-refractivity contribution < 1.29 is 0 Å². The molecule has 2 bridgehead atoms. The lowest BCUT2D eigenvalue weighted by Crippen LogP contribution is -2.35. The van der Waals surface area contributed by atoms with E-state index in [1.165, 1.54) is 127 Å². The number of fused-ring (bicyclic) bond motifs is 5. The quantitative estimate of drug-likeness (QED) is 0.128. The van der Waals surface area contributed by atoms with Gasteiger partial charge < -0.3 is 0 Å². The predicted octanol–water partition coefficient (Wildman–Crippen LogP) is 16.9. The molecule has 4 aliphatic rings. The molecule has 1 heteroatoms. The summed E-state index contributed by atoms with van der Waals surface area (Å²) in [5.74, 6) is 1.34. The first-order valence-electron chi connectivity index (χ1n) is 23.1. The summed E-state index contributed by atoms with van der Waals surface area (Å²) < 4.78 is 0.589. The highest BCUT2D eigenvalue weighted by Gasteiger charge is 2.39. The first kappa shape index (κ1) is 39.4. The number of hydrogen-bond donors (Lipinski definition) is 0. The maximum absolute atomic E-state index is 2.49. The van der Waals surface area contributed by atoms with E-state index >= 15 is 0 Å². The van der Waals surface area contributed by atoms with Crippen LogP contribution in [0.1, 0.15) is 116 Å². The average Bonchev–Trinajstić information content (AvgIpc) is 3.42. The Labute approximate surface area is 365 Å². The number of benzene rings is 6. The van der Waals surface area contributed by atoms with Crippen LogP contribution in [0.2, 0.25) is 0 Å². The van der Waals surface area contributed by atoms with E-state index in [2.05, 4.69) is 193 Å². The summed E-state index contributed by atoms with van der Waals surface area (Å²) in [6, 6.07) is 50.7. The van der Waals surface area contributed by atoms with Gasteiger partial charge in [0, 0.05) is 17.5 Å². The van der Waals surface area contributed by atoms with Crippen LogP contribution in [0, 0.1) is 12.8 Å². The molecule has 0 spiro atoms. The minimum atomic E-state index is 0.211. The lowest BCUT2D eigenvalue weighted by molar-refractivity contribution is 0.360. The molecular weight excluding hydrogens is 735 g/mol. The van der Waals surface area contributed by atoms with Crippen molar-refractivity contribution in [2.75, 3.05) is 7.05 Å². The second-order valence-corrected chi connectivity index (χ2v) is 18.4. The number of quaternary nitrogens is 1. The molecule has 304 valence electrons. The summed E-state index contributed by atoms with van der Waals surface area (Å²) in [5, 5.41) is 0. The summed E-state index contributed by atoms with van der Waals surface area (Å²) in [5.41, 5.74) is 25.4. The molecule has 0 radical (unpaired) electrons. The van der Waals surface area contributed by atoms with E-state index in [0.717, 1.165) is 25.2 Å². The Morgan fingerprint density at radius 3 is 1.93 bits per heavy atom. The molecule has 0 saturated heterocycles. The van der Waals surface area contributed by atoms with Gasteiger partial charge in [0.25, 0.3) is 0 Å². The molecule has 0 heterocycles. The maximum atomic E-state index is 2.49. The number of para-hydroxylation sites is 2. The average molecular weight is 795 g/mol. The van der Waals surface area contributed by atoms with Crippen LogP contribution < -0.4 is 4.48 Å². The van der Waals surface area contributed by atoms with E-state index in [-0.39, 0.29) is 5.92 Å². The first-order chi connectivity index (χ1) is 29.9. The van der Waals surface area contributed by atoms with Crippen LogP contribution in [-0.4, -0.2) is 7.05 Å². The Kier molecular flexibility index (Phi) is 10.5. The van der Waals surface area contributed by atoms with Crippen LogP contribution >= 0.6 is 0 Å². The van der Waals surface area contributed by atoms with Crippen molar-refractivity contribution in [2.24, 2.45) is 5.92 Å². The third-order valence-electron chi connectivity index (χ3n) is 15.2. The van der Waals surface area contributed by atoms with Gasteiger partial charge in [-0.3, -0.25) is 0 Å². The molecule has 0 aromatic heterocycles. The van der Waals surface area contributed by atoms with Crippen molar-refractivity contribution >= 4 is 34.3 Å². The number of hydrogen-bond acceptors (Lipinski definition) is 0. The monoisotopic (exact) mass is 794 g/mol. The standard InChI is InChI=1S/C60H60N/c1-6-40(2)59-55(48-30-17-29-47(41(48)3)53-28-14-13-27-51(53)43-20-15-21-43)32-18-33-56(59)49-37-36-44-22-16-31-54-52(44)39-38-50(42(49)4)60-57(54)34-19-35-58(60)61(5,45-23-9-7-10-24-45)46-25-11-8-12-26-46/h7-12,14,16-19,22-26,28-37,40,43,50H,6,13,15,20-21,27,38-39H2,1-5H3/q+1/b37-36-,49-42+. The highest BCUT2D eigenvalue weighted by atomic mass is 15.3. The van der Waals surface area contributed by atoms with E-state index in [4.69, 9.17) is 0 Å². The summed E-state index contributed by atoms with van der Waals surface area (Å²) in [4.78, 5) is 0. The number of nitrogens with zero attached hydrogens (tertiary/aromatic N) is 1. The van der Waals surface area contributed by atoms with Crippen LogP contribution in [0.5, 0.6) is 0 Å². The lowest BCUT2D eigenvalue weighted by Gasteiger charge is -2.37. The van der Waals surface area contributed by atoms with Crippen molar-refractivity contribution in [1.82, 2.24) is 4.48 Å². The third-order valence-corrected chi connectivity index (χ3v) is 15.2. The molecule has 1 nitrogen and oxygen atoms in total. The van der Waals surface area contributed by atoms with Crippen molar-refractivity contribution in [3.8, 4) is 22.3 Å². The molecule has 10 rings (SSSR count). The molecule has 6 aromatic carbocycles. The Bertz CT molecular complexity index is 2710. The van der Waals surface area contributed by atoms with Crippen molar-refractivity contribution in [3.63, 3.8) is 0 Å². The molecule has 2 atom stereocenters. The van der Waals surface area contributed by atoms with Gasteiger partial charge in [-0.15, -0.1) is 0 Å². The predicted molar refractivity (Wildman–Crippen MR) is 262 cm³/mol. The van der Waals surface area contributed by atoms with Crippen molar-refractivity contribution in [1.29, 1.82) is 0 Å². The van der Waals surface area contributed by atoms with E-state index in [1.807, 2.05) is 0 Å². The second kappa shape index (κ2) is 16.3. The topological polar surface area (TPSA) is 0 Å². The smallest absolute Gasteiger partial charge is 0.147 e. The van der Waals surface area contributed by atoms with Gasteiger partial charge in [0.1, 0.15) is 17.1 Å². The Balaban J connectivity index is 1.21. The van der Waals surface area contributed by atoms with Gasteiger partial charge >= 0.3 is 0 Å². The zero-order valence-corrected chi connectivity index (χ0v) is 36.8. The molecule has 1 saturated carbocycles. The van der Waals surface area contributed by atoms with Crippen LogP contribution in [0.25, 0.3) is 39.5 Å². The lowest BCUT2D eigenvalue weighted by atomic mass is 9.73. The molecule has 61 heavy (non-hydrogen) atoms. The summed E-state index contributed by atoms with van der Waals surface area (Å²) >= 11 is 0. The fourth-order valence-corrected chi connectivity index (χ4v) is 11.5. The fourth-order valence-electron chi connectivity index (χ4n) is 11.5. The highest BCUT2D eigenvalue weighted by molar-refractivity contribution is 5.92. The Hall–Kier alpha value is -5.76. The molecule has 2 unspecified atom stereocenters. The Morgan fingerprint density at radius 1 is 0.590 bits per heavy atom. The number of allylic oxidation sites excluding steroid dienone is 7. The zero-order valence-electron chi connectivity index (χ0n) is 36.8. The molecular formula is C60H60N+. The largest absolute Gasteiger partial charge is 0.229 e. The minimum absolute atomic E-state index is 0.211. The second-order valence-electron chi connectivity index (χ2n) is 18.4. The van der Waals surface area contributed by atoms with Gasteiger partial charge in [0.05, 0.1) is 7.05 Å². The van der Waals surface area contributed by atoms with E-state index in [0.29, 0.717) is 10.4 Å². The van der Waals surface area contributed by atoms with E-state index in [1.54, 1.807) is 5.57 Å². The van der Waals surface area contributed by atoms with Crippen LogP contribution in [0.3, 0.4) is 0 Å². The molecule has 6 aromatic rings. The van der Waals surface area contributed by atoms with Crippen LogP contribution in [-0.2, 0) is 6.42 Å². The summed E-state index contributed by atoms with van der Waals surface area (Å²) in [6.07, 6.45) is 19.4. The highest BCUT2D eigenvalue weighted by Crippen LogP contribution is 2.54. The Morgan fingerprint density at radius 2 is 1.23 bits per heavy atom. The zero-order chi connectivity index (χ0) is 41.7. The van der Waals surface area contributed by atoms with Gasteiger partial charge in [-0.1, -0.05) is 159 Å². The van der Waals surface area contributed by atoms with Gasteiger partial charge in [-0.2, -0.15) is 0 Å². The normalized spacial score (nSPS) is 19.7. The third kappa shape index (κ3) is 6.65. The number of rotatable bonds is 9. The minimum Gasteiger partial charge on any atom is -0.229 e. The van der Waals surface area contributed by atoms with Gasteiger partial charge in [-0.05, 0) is 162 Å². The van der Waals surface area contributed by atoms with Crippen molar-refractivity contribution in [2.45, 2.75) is 90.9 Å². The fraction of sp³-hybridized carbons (Fsp3) is 0.267. The van der Waals surface area contributed by atoms with Gasteiger partial charge in [0.15, 0.2) is 0 Å². The van der Waals surface area contributed by atoms with E-state index in [9.17, 15) is 0 Å².